The van der Waals surface area contributed by atoms with Crippen LogP contribution in [0.15, 0.2) is 60.8 Å². The van der Waals surface area contributed by atoms with Gasteiger partial charge in [-0.05, 0) is 44.2 Å². The number of aromatic nitrogens is 3. The summed E-state index contributed by atoms with van der Waals surface area (Å²) in [6.45, 7) is 4.15. The quantitative estimate of drug-likeness (QED) is 0.0516. The molecule has 11 nitrogen and oxygen atoms in total. The summed E-state index contributed by atoms with van der Waals surface area (Å²) in [4.78, 5) is 33.8. The molecule has 234 valence electrons. The van der Waals surface area contributed by atoms with Crippen LogP contribution in [0.3, 0.4) is 0 Å². The number of imidazole rings is 1. The second kappa shape index (κ2) is 21.3. The molecule has 0 aliphatic rings. The third kappa shape index (κ3) is 12.1. The van der Waals surface area contributed by atoms with E-state index < -0.39 is 0 Å². The van der Waals surface area contributed by atoms with E-state index in [4.69, 9.17) is 16.3 Å². The standard InChI is InChI=1S/C21H26N4O2.C8H11N3O.C2H6.CH5N/c1-22-20(26)12-6-4-3-5-11-19-23-14-18(24-19)16-13-15-9-7-8-10-17(15)25-21(16)27-2;9-7-3-1-2-4-8(7)11(10)5-6-12;2*1-2/h7-10,13-14H,3-6,11-12H2,1-2H3,(H,22,26)(H,23,24);1-4,6H,5,9-10H2;1-2H3;2H2,1H3. The number of fused-ring (bicyclic) bond motifs is 1. The maximum atomic E-state index is 11.2. The van der Waals surface area contributed by atoms with Gasteiger partial charge in [-0.3, -0.25) is 4.79 Å². The summed E-state index contributed by atoms with van der Waals surface area (Å²) in [5.74, 6) is 7.20. The van der Waals surface area contributed by atoms with Gasteiger partial charge in [-0.25, -0.2) is 15.8 Å². The Kier molecular flexibility index (Phi) is 18.1. The minimum absolute atomic E-state index is 0.114. The summed E-state index contributed by atoms with van der Waals surface area (Å²) >= 11 is 0. The zero-order chi connectivity index (χ0) is 32.0. The van der Waals surface area contributed by atoms with Gasteiger partial charge in [-0.1, -0.05) is 57.0 Å². The van der Waals surface area contributed by atoms with E-state index in [9.17, 15) is 9.59 Å². The van der Waals surface area contributed by atoms with Crippen molar-refractivity contribution in [1.82, 2.24) is 20.3 Å². The van der Waals surface area contributed by atoms with Crippen molar-refractivity contribution in [1.29, 1.82) is 0 Å². The normalized spacial score (nSPS) is 9.74. The Bertz CT molecular complexity index is 1360. The number of rotatable bonds is 12. The van der Waals surface area contributed by atoms with E-state index in [1.807, 2.05) is 56.4 Å². The van der Waals surface area contributed by atoms with E-state index in [0.717, 1.165) is 66.4 Å². The van der Waals surface area contributed by atoms with Crippen molar-refractivity contribution in [3.63, 3.8) is 0 Å². The molecule has 43 heavy (non-hydrogen) atoms. The molecule has 2 aromatic carbocycles. The number of carbonyl (C=O) groups is 2. The largest absolute Gasteiger partial charge is 0.480 e. The Morgan fingerprint density at radius 1 is 1.05 bits per heavy atom. The number of unbranched alkanes of at least 4 members (excludes halogenated alkanes) is 3. The number of benzene rings is 2. The van der Waals surface area contributed by atoms with E-state index in [1.54, 1.807) is 26.3 Å². The molecule has 0 bridgehead atoms. The van der Waals surface area contributed by atoms with Crippen LogP contribution in [0.2, 0.25) is 0 Å². The number of hydrazine groups is 1. The van der Waals surface area contributed by atoms with Crippen LogP contribution in [-0.4, -0.2) is 54.9 Å². The lowest BCUT2D eigenvalue weighted by molar-refractivity contribution is -0.120. The highest BCUT2D eigenvalue weighted by Crippen LogP contribution is 2.30. The summed E-state index contributed by atoms with van der Waals surface area (Å²) < 4.78 is 5.48. The van der Waals surface area contributed by atoms with Crippen molar-refractivity contribution in [2.75, 3.05) is 38.5 Å². The number of pyridine rings is 1. The predicted octanol–water partition coefficient (Wildman–Crippen LogP) is 4.62. The van der Waals surface area contributed by atoms with E-state index in [0.29, 0.717) is 23.7 Å². The molecule has 8 N–H and O–H groups in total. The first-order chi connectivity index (χ1) is 21.0. The van der Waals surface area contributed by atoms with Crippen LogP contribution in [0, 0.1) is 0 Å². The first-order valence-electron chi connectivity index (χ1n) is 14.5. The van der Waals surface area contributed by atoms with Crippen LogP contribution in [0.25, 0.3) is 22.2 Å². The van der Waals surface area contributed by atoms with Crippen LogP contribution < -0.4 is 32.4 Å². The van der Waals surface area contributed by atoms with Gasteiger partial charge >= 0.3 is 0 Å². The fraction of sp³-hybridized carbons (Fsp3) is 0.375. The first-order valence-corrected chi connectivity index (χ1v) is 14.5. The number of nitrogens with one attached hydrogen (secondary N) is 2. The predicted molar refractivity (Wildman–Crippen MR) is 177 cm³/mol. The van der Waals surface area contributed by atoms with Crippen LogP contribution in [-0.2, 0) is 16.0 Å². The summed E-state index contributed by atoms with van der Waals surface area (Å²) in [5, 5.41) is 5.03. The number of carbonyl (C=O) groups excluding carboxylic acids is 2. The van der Waals surface area contributed by atoms with Crippen molar-refractivity contribution in [2.45, 2.75) is 52.4 Å². The van der Waals surface area contributed by atoms with E-state index >= 15 is 0 Å². The number of para-hydroxylation sites is 3. The van der Waals surface area contributed by atoms with E-state index in [2.05, 4.69) is 32.1 Å². The van der Waals surface area contributed by atoms with Crippen molar-refractivity contribution in [3.05, 3.63) is 66.6 Å². The zero-order valence-corrected chi connectivity index (χ0v) is 26.1. The van der Waals surface area contributed by atoms with Crippen LogP contribution in [0.4, 0.5) is 11.4 Å². The maximum absolute atomic E-state index is 11.2. The monoisotopic (exact) mass is 592 g/mol. The molecule has 1 amide bonds. The number of aryl methyl sites for hydroxylation is 1. The van der Waals surface area contributed by atoms with Gasteiger partial charge in [0.2, 0.25) is 11.8 Å². The molecule has 0 unspecified atom stereocenters. The van der Waals surface area contributed by atoms with Crippen molar-refractivity contribution in [3.8, 4) is 17.1 Å². The average molecular weight is 593 g/mol. The van der Waals surface area contributed by atoms with Gasteiger partial charge in [0.25, 0.3) is 0 Å². The number of nitrogen functional groups attached to an aromatic ring is 1. The molecule has 2 heterocycles. The number of aldehydes is 1. The van der Waals surface area contributed by atoms with Crippen LogP contribution in [0.5, 0.6) is 5.88 Å². The molecule has 0 atom stereocenters. The number of hydrogen-bond donors (Lipinski definition) is 5. The third-order valence-corrected chi connectivity index (χ3v) is 6.16. The molecule has 0 saturated carbocycles. The highest BCUT2D eigenvalue weighted by Gasteiger charge is 2.12. The average Bonchev–Trinajstić information content (AvgIpc) is 3.53. The highest BCUT2D eigenvalue weighted by atomic mass is 16.5. The molecule has 0 fully saturated rings. The second-order valence-corrected chi connectivity index (χ2v) is 8.95. The van der Waals surface area contributed by atoms with Crippen LogP contribution in [0.1, 0.15) is 51.8 Å². The van der Waals surface area contributed by atoms with Crippen molar-refractivity contribution < 1.29 is 14.3 Å². The van der Waals surface area contributed by atoms with E-state index in [-0.39, 0.29) is 12.5 Å². The SMILES string of the molecule is CC.CN.CNC(=O)CCCCCCc1ncc(-c2cc3ccccc3nc2OC)[nH]1.Nc1ccccc1N(N)CC=O. The molecule has 4 rings (SSSR count). The van der Waals surface area contributed by atoms with Gasteiger partial charge in [-0.2, -0.15) is 0 Å². The third-order valence-electron chi connectivity index (χ3n) is 6.16. The fourth-order valence-electron chi connectivity index (χ4n) is 4.06. The van der Waals surface area contributed by atoms with Gasteiger partial charge in [0.1, 0.15) is 12.1 Å². The molecular formula is C32H48N8O3. The van der Waals surface area contributed by atoms with Gasteiger partial charge < -0.3 is 36.3 Å². The molecule has 4 aromatic rings. The molecule has 0 aliphatic carbocycles. The van der Waals surface area contributed by atoms with E-state index in [1.165, 1.54) is 12.1 Å². The summed E-state index contributed by atoms with van der Waals surface area (Å²) in [6, 6.07) is 17.2. The number of aromatic amines is 1. The second-order valence-electron chi connectivity index (χ2n) is 8.95. The Balaban J connectivity index is 0.000000483. The topological polar surface area (TPSA) is 178 Å². The maximum Gasteiger partial charge on any atom is 0.223 e. The van der Waals surface area contributed by atoms with Gasteiger partial charge in [0, 0.05) is 25.3 Å². The van der Waals surface area contributed by atoms with Crippen LogP contribution >= 0.6 is 0 Å². The van der Waals surface area contributed by atoms with Gasteiger partial charge in [-0.15, -0.1) is 0 Å². The Hall–Kier alpha value is -4.48. The van der Waals surface area contributed by atoms with Gasteiger partial charge in [0.15, 0.2) is 0 Å². The number of hydrogen-bond acceptors (Lipinski definition) is 9. The molecule has 11 heteroatoms. The number of H-pyrrole nitrogens is 1. The number of amides is 1. The summed E-state index contributed by atoms with van der Waals surface area (Å²) in [5.41, 5.74) is 14.1. The molecule has 0 saturated heterocycles. The lowest BCUT2D eigenvalue weighted by Gasteiger charge is -2.16. The number of nitrogens with two attached hydrogens (primary N) is 3. The Morgan fingerprint density at radius 2 is 1.72 bits per heavy atom. The zero-order valence-electron chi connectivity index (χ0n) is 26.1. The number of anilines is 2. The molecule has 0 spiro atoms. The highest BCUT2D eigenvalue weighted by molar-refractivity contribution is 5.85. The minimum atomic E-state index is 0.114. The molecular weight excluding hydrogens is 544 g/mol. The molecule has 2 aromatic heterocycles. The molecule has 0 aliphatic heterocycles. The summed E-state index contributed by atoms with van der Waals surface area (Å²) in [7, 11) is 4.81. The lowest BCUT2D eigenvalue weighted by atomic mass is 10.1. The lowest BCUT2D eigenvalue weighted by Crippen LogP contribution is -2.33. The summed E-state index contributed by atoms with van der Waals surface area (Å²) in [6.07, 6.45) is 8.20. The number of ether oxygens (including phenoxy) is 1. The van der Waals surface area contributed by atoms with Crippen molar-refractivity contribution >= 4 is 34.5 Å². The number of nitrogens with zero attached hydrogens (tertiary/aromatic N) is 3. The number of methoxy groups -OCH3 is 1. The minimum Gasteiger partial charge on any atom is -0.480 e. The van der Waals surface area contributed by atoms with Gasteiger partial charge in [0.05, 0.1) is 48.0 Å². The van der Waals surface area contributed by atoms with Crippen molar-refractivity contribution in [2.24, 2.45) is 11.6 Å². The first kappa shape index (κ1) is 36.5. The Morgan fingerprint density at radius 3 is 2.40 bits per heavy atom. The fourth-order valence-corrected chi connectivity index (χ4v) is 4.06. The molecule has 0 radical (unpaired) electrons. The Labute approximate surface area is 255 Å². The smallest absolute Gasteiger partial charge is 0.223 e.